The summed E-state index contributed by atoms with van der Waals surface area (Å²) in [6.45, 7) is 8.67. The van der Waals surface area contributed by atoms with Crippen molar-refractivity contribution in [3.8, 4) is 0 Å². The summed E-state index contributed by atoms with van der Waals surface area (Å²) in [5, 5.41) is 0. The molecule has 4 heteroatoms. The van der Waals surface area contributed by atoms with Crippen molar-refractivity contribution in [2.75, 3.05) is 39.8 Å². The summed E-state index contributed by atoms with van der Waals surface area (Å²) in [4.78, 5) is 15.8. The second-order valence-corrected chi connectivity index (χ2v) is 5.92. The van der Waals surface area contributed by atoms with E-state index in [1.165, 1.54) is 0 Å². The highest BCUT2D eigenvalue weighted by molar-refractivity contribution is 5.78. The molecule has 4 nitrogen and oxygen atoms in total. The molecule has 2 N–H and O–H groups in total. The zero-order valence-corrected chi connectivity index (χ0v) is 11.5. The molecule has 1 heterocycles. The summed E-state index contributed by atoms with van der Waals surface area (Å²) in [6.07, 6.45) is 3.34. The first kappa shape index (κ1) is 14.5. The van der Waals surface area contributed by atoms with Crippen molar-refractivity contribution in [3.05, 3.63) is 0 Å². The summed E-state index contributed by atoms with van der Waals surface area (Å²) in [6, 6.07) is 0. The van der Waals surface area contributed by atoms with Gasteiger partial charge >= 0.3 is 0 Å². The molecule has 1 fully saturated rings. The Morgan fingerprint density at radius 2 is 2.06 bits per heavy atom. The average Bonchev–Trinajstić information content (AvgIpc) is 2.42. The standard InChI is InChI=1S/C13H27N3O/c1-13(2,11-14)6-4-8-16-9-5-7-15(3)12(17)10-16/h4-11,14H2,1-3H3. The van der Waals surface area contributed by atoms with E-state index in [1.54, 1.807) is 0 Å². The number of rotatable bonds is 5. The van der Waals surface area contributed by atoms with Crippen molar-refractivity contribution < 1.29 is 4.79 Å². The minimum Gasteiger partial charge on any atom is -0.345 e. The molecule has 0 aliphatic carbocycles. The summed E-state index contributed by atoms with van der Waals surface area (Å²) >= 11 is 0. The van der Waals surface area contributed by atoms with Gasteiger partial charge in [-0.3, -0.25) is 9.69 Å². The third-order valence-electron chi connectivity index (χ3n) is 3.63. The largest absolute Gasteiger partial charge is 0.345 e. The van der Waals surface area contributed by atoms with Gasteiger partial charge in [-0.1, -0.05) is 13.8 Å². The van der Waals surface area contributed by atoms with Crippen molar-refractivity contribution in [2.24, 2.45) is 11.1 Å². The lowest BCUT2D eigenvalue weighted by Gasteiger charge is -2.25. The minimum absolute atomic E-state index is 0.229. The lowest BCUT2D eigenvalue weighted by atomic mass is 9.88. The van der Waals surface area contributed by atoms with Crippen molar-refractivity contribution in [1.29, 1.82) is 0 Å². The van der Waals surface area contributed by atoms with Crippen molar-refractivity contribution >= 4 is 5.91 Å². The molecular weight excluding hydrogens is 214 g/mol. The Morgan fingerprint density at radius 1 is 1.35 bits per heavy atom. The number of nitrogens with zero attached hydrogens (tertiary/aromatic N) is 2. The topological polar surface area (TPSA) is 49.6 Å². The molecule has 1 aliphatic rings. The molecule has 0 saturated carbocycles. The van der Waals surface area contributed by atoms with Gasteiger partial charge in [-0.2, -0.15) is 0 Å². The maximum atomic E-state index is 11.7. The van der Waals surface area contributed by atoms with Crippen LogP contribution in [0, 0.1) is 5.41 Å². The number of amides is 1. The van der Waals surface area contributed by atoms with E-state index in [1.807, 2.05) is 11.9 Å². The average molecular weight is 241 g/mol. The fourth-order valence-corrected chi connectivity index (χ4v) is 2.12. The van der Waals surface area contributed by atoms with Gasteiger partial charge in [0.15, 0.2) is 0 Å². The van der Waals surface area contributed by atoms with Gasteiger partial charge < -0.3 is 10.6 Å². The highest BCUT2D eigenvalue weighted by Gasteiger charge is 2.20. The van der Waals surface area contributed by atoms with E-state index in [4.69, 9.17) is 5.73 Å². The van der Waals surface area contributed by atoms with Crippen LogP contribution >= 0.6 is 0 Å². The van der Waals surface area contributed by atoms with E-state index < -0.39 is 0 Å². The normalized spacial score (nSPS) is 19.5. The van der Waals surface area contributed by atoms with E-state index in [0.717, 1.165) is 45.4 Å². The van der Waals surface area contributed by atoms with E-state index in [0.29, 0.717) is 6.54 Å². The smallest absolute Gasteiger partial charge is 0.236 e. The Morgan fingerprint density at radius 3 is 2.71 bits per heavy atom. The number of hydrogen-bond acceptors (Lipinski definition) is 3. The van der Waals surface area contributed by atoms with Crippen LogP contribution in [0.3, 0.4) is 0 Å². The van der Waals surface area contributed by atoms with Gasteiger partial charge in [0.25, 0.3) is 0 Å². The Kier molecular flexibility index (Phi) is 5.40. The van der Waals surface area contributed by atoms with Crippen molar-refractivity contribution in [1.82, 2.24) is 9.80 Å². The van der Waals surface area contributed by atoms with E-state index in [-0.39, 0.29) is 11.3 Å². The molecule has 1 amide bonds. The zero-order chi connectivity index (χ0) is 12.9. The third kappa shape index (κ3) is 5.04. The minimum atomic E-state index is 0.229. The van der Waals surface area contributed by atoms with Crippen molar-refractivity contribution in [3.63, 3.8) is 0 Å². The Balaban J connectivity index is 2.29. The summed E-state index contributed by atoms with van der Waals surface area (Å²) in [5.41, 5.74) is 5.95. The van der Waals surface area contributed by atoms with Gasteiger partial charge in [0.2, 0.25) is 5.91 Å². The van der Waals surface area contributed by atoms with Crippen LogP contribution in [0.15, 0.2) is 0 Å². The SMILES string of the molecule is CN1CCCN(CCCC(C)(C)CN)CC1=O. The fourth-order valence-electron chi connectivity index (χ4n) is 2.12. The highest BCUT2D eigenvalue weighted by atomic mass is 16.2. The maximum absolute atomic E-state index is 11.7. The molecule has 17 heavy (non-hydrogen) atoms. The number of likely N-dealkylation sites (N-methyl/N-ethyl adjacent to an activating group) is 1. The maximum Gasteiger partial charge on any atom is 0.236 e. The molecule has 1 aliphatic heterocycles. The molecule has 0 aromatic heterocycles. The van der Waals surface area contributed by atoms with Gasteiger partial charge in [-0.15, -0.1) is 0 Å². The first-order valence-electron chi connectivity index (χ1n) is 6.61. The van der Waals surface area contributed by atoms with Crippen LogP contribution in [-0.4, -0.2) is 55.5 Å². The van der Waals surface area contributed by atoms with E-state index in [2.05, 4.69) is 18.7 Å². The Hall–Kier alpha value is -0.610. The molecule has 1 saturated heterocycles. The summed E-state index contributed by atoms with van der Waals surface area (Å²) in [5.74, 6) is 0.251. The molecule has 0 radical (unpaired) electrons. The zero-order valence-electron chi connectivity index (χ0n) is 11.5. The molecule has 0 aromatic rings. The molecule has 0 bridgehead atoms. The van der Waals surface area contributed by atoms with Crippen LogP contribution in [0.25, 0.3) is 0 Å². The lowest BCUT2D eigenvalue weighted by Crippen LogP contribution is -2.35. The third-order valence-corrected chi connectivity index (χ3v) is 3.63. The van der Waals surface area contributed by atoms with Crippen LogP contribution < -0.4 is 5.73 Å². The lowest BCUT2D eigenvalue weighted by molar-refractivity contribution is -0.129. The molecule has 0 aromatic carbocycles. The second kappa shape index (κ2) is 6.36. The monoisotopic (exact) mass is 241 g/mol. The summed E-state index contributed by atoms with van der Waals surface area (Å²) < 4.78 is 0. The van der Waals surface area contributed by atoms with Crippen LogP contribution in [0.2, 0.25) is 0 Å². The van der Waals surface area contributed by atoms with Crippen LogP contribution in [-0.2, 0) is 4.79 Å². The molecule has 0 atom stereocenters. The van der Waals surface area contributed by atoms with Crippen LogP contribution in [0.1, 0.15) is 33.1 Å². The Bertz CT molecular complexity index is 253. The van der Waals surface area contributed by atoms with Gasteiger partial charge in [0.05, 0.1) is 6.54 Å². The van der Waals surface area contributed by atoms with Gasteiger partial charge in [0, 0.05) is 20.1 Å². The molecule has 100 valence electrons. The highest BCUT2D eigenvalue weighted by Crippen LogP contribution is 2.20. The summed E-state index contributed by atoms with van der Waals surface area (Å²) in [7, 11) is 1.89. The predicted molar refractivity (Wildman–Crippen MR) is 70.8 cm³/mol. The van der Waals surface area contributed by atoms with E-state index >= 15 is 0 Å². The number of nitrogens with two attached hydrogens (primary N) is 1. The van der Waals surface area contributed by atoms with Gasteiger partial charge in [0.1, 0.15) is 0 Å². The molecule has 1 rings (SSSR count). The fraction of sp³-hybridized carbons (Fsp3) is 0.923. The van der Waals surface area contributed by atoms with Crippen molar-refractivity contribution in [2.45, 2.75) is 33.1 Å². The first-order chi connectivity index (χ1) is 7.94. The quantitative estimate of drug-likeness (QED) is 0.778. The first-order valence-corrected chi connectivity index (χ1v) is 6.61. The van der Waals surface area contributed by atoms with E-state index in [9.17, 15) is 4.79 Å². The number of carbonyl (C=O) groups is 1. The Labute approximate surface area is 105 Å². The second-order valence-electron chi connectivity index (χ2n) is 5.92. The van der Waals surface area contributed by atoms with Gasteiger partial charge in [-0.05, 0) is 37.8 Å². The number of carbonyl (C=O) groups excluding carboxylic acids is 1. The molecule has 0 spiro atoms. The molecule has 0 unspecified atom stereocenters. The van der Waals surface area contributed by atoms with Crippen LogP contribution in [0.5, 0.6) is 0 Å². The molecular formula is C13H27N3O. The number of hydrogen-bond donors (Lipinski definition) is 1. The predicted octanol–water partition coefficient (Wildman–Crippen LogP) is 0.916. The van der Waals surface area contributed by atoms with Crippen LogP contribution in [0.4, 0.5) is 0 Å². The van der Waals surface area contributed by atoms with Gasteiger partial charge in [-0.25, -0.2) is 0 Å².